The quantitative estimate of drug-likeness (QED) is 0.680. The van der Waals surface area contributed by atoms with E-state index in [0.29, 0.717) is 22.8 Å². The first-order valence-corrected chi connectivity index (χ1v) is 7.52. The highest BCUT2D eigenvalue weighted by molar-refractivity contribution is 5.88. The van der Waals surface area contributed by atoms with Gasteiger partial charge in [-0.15, -0.1) is 0 Å². The predicted molar refractivity (Wildman–Crippen MR) is 90.1 cm³/mol. The number of carbonyl (C=O) groups is 1. The van der Waals surface area contributed by atoms with Crippen LogP contribution in [0.3, 0.4) is 0 Å². The van der Waals surface area contributed by atoms with Gasteiger partial charge in [-0.3, -0.25) is 4.68 Å². The van der Waals surface area contributed by atoms with Crippen molar-refractivity contribution in [2.45, 2.75) is 6.92 Å². The van der Waals surface area contributed by atoms with Gasteiger partial charge in [-0.2, -0.15) is 5.10 Å². The van der Waals surface area contributed by atoms with Crippen LogP contribution in [-0.2, 0) is 11.8 Å². The lowest BCUT2D eigenvalue weighted by Crippen LogP contribution is -2.07. The molecule has 0 unspecified atom stereocenters. The van der Waals surface area contributed by atoms with Crippen LogP contribution in [0.25, 0.3) is 23.4 Å². The molecule has 0 fully saturated rings. The molecule has 128 valence electrons. The maximum absolute atomic E-state index is 13.1. The summed E-state index contributed by atoms with van der Waals surface area (Å²) in [4.78, 5) is 11.6. The summed E-state index contributed by atoms with van der Waals surface area (Å²) in [7, 11) is 2.98. The van der Waals surface area contributed by atoms with Gasteiger partial charge in [-0.05, 0) is 49.4 Å². The first-order valence-electron chi connectivity index (χ1n) is 7.52. The van der Waals surface area contributed by atoms with Gasteiger partial charge in [-0.25, -0.2) is 9.18 Å². The molecule has 7 heteroatoms. The lowest BCUT2D eigenvalue weighted by atomic mass is 10.1. The lowest BCUT2D eigenvalue weighted by molar-refractivity contribution is 0.0588. The molecule has 25 heavy (non-hydrogen) atoms. The minimum absolute atomic E-state index is 0.315. The largest absolute Gasteiger partial charge is 0.464 e. The van der Waals surface area contributed by atoms with Gasteiger partial charge in [0, 0.05) is 18.2 Å². The van der Waals surface area contributed by atoms with Crippen LogP contribution < -0.4 is 0 Å². The Morgan fingerprint density at radius 3 is 2.68 bits per heavy atom. The van der Waals surface area contributed by atoms with Gasteiger partial charge in [0.05, 0.1) is 12.8 Å². The van der Waals surface area contributed by atoms with E-state index in [2.05, 4.69) is 10.3 Å². The van der Waals surface area contributed by atoms with Gasteiger partial charge in [0.2, 0.25) is 0 Å². The van der Waals surface area contributed by atoms with Gasteiger partial charge in [0.25, 0.3) is 0 Å². The van der Waals surface area contributed by atoms with Crippen molar-refractivity contribution >= 4 is 18.1 Å². The van der Waals surface area contributed by atoms with Gasteiger partial charge < -0.3 is 9.26 Å². The first kappa shape index (κ1) is 16.6. The van der Waals surface area contributed by atoms with Crippen molar-refractivity contribution in [1.29, 1.82) is 0 Å². The molecular formula is C18H16FN3O3. The summed E-state index contributed by atoms with van der Waals surface area (Å²) in [6.07, 6.45) is 3.55. The molecule has 0 radical (unpaired) electrons. The third-order valence-electron chi connectivity index (χ3n) is 3.74. The normalized spacial score (nSPS) is 11.2. The molecule has 0 spiro atoms. The van der Waals surface area contributed by atoms with Gasteiger partial charge in [0.15, 0.2) is 0 Å². The Balaban J connectivity index is 1.93. The van der Waals surface area contributed by atoms with E-state index < -0.39 is 5.97 Å². The lowest BCUT2D eigenvalue weighted by Gasteiger charge is -1.98. The van der Waals surface area contributed by atoms with Crippen LogP contribution in [0.4, 0.5) is 4.39 Å². The molecule has 0 bridgehead atoms. The number of rotatable bonds is 4. The number of methoxy groups -OCH3 is 1. The van der Waals surface area contributed by atoms with Crippen LogP contribution in [0.5, 0.6) is 0 Å². The summed E-state index contributed by atoms with van der Waals surface area (Å²) in [6, 6.07) is 7.64. The zero-order valence-electron chi connectivity index (χ0n) is 14.0. The maximum atomic E-state index is 13.1. The molecule has 3 aromatic rings. The van der Waals surface area contributed by atoms with E-state index in [1.54, 1.807) is 44.3 Å². The van der Waals surface area contributed by atoms with Crippen LogP contribution >= 0.6 is 0 Å². The summed E-state index contributed by atoms with van der Waals surface area (Å²) in [5.74, 6) is -0.146. The zero-order valence-corrected chi connectivity index (χ0v) is 14.0. The number of carbonyl (C=O) groups excluding carboxylic acids is 1. The second kappa shape index (κ2) is 6.72. The highest BCUT2D eigenvalue weighted by Gasteiger charge is 2.14. The zero-order chi connectivity index (χ0) is 18.0. The molecule has 0 N–H and O–H groups in total. The van der Waals surface area contributed by atoms with E-state index in [-0.39, 0.29) is 5.82 Å². The Hall–Kier alpha value is -3.22. The van der Waals surface area contributed by atoms with Crippen LogP contribution in [0, 0.1) is 12.7 Å². The summed E-state index contributed by atoms with van der Waals surface area (Å²) >= 11 is 0. The Morgan fingerprint density at radius 2 is 2.00 bits per heavy atom. The Kier molecular flexibility index (Phi) is 4.47. The molecule has 6 nitrogen and oxygen atoms in total. The molecule has 3 rings (SSSR count). The highest BCUT2D eigenvalue weighted by atomic mass is 19.1. The summed E-state index contributed by atoms with van der Waals surface area (Å²) < 4.78 is 24.5. The molecule has 0 saturated heterocycles. The number of aromatic nitrogens is 3. The average Bonchev–Trinajstić information content (AvgIpc) is 3.16. The van der Waals surface area contributed by atoms with Gasteiger partial charge >= 0.3 is 5.97 Å². The van der Waals surface area contributed by atoms with Crippen LogP contribution in [-0.4, -0.2) is 28.0 Å². The van der Waals surface area contributed by atoms with Crippen LogP contribution in [0.1, 0.15) is 27.5 Å². The Labute approximate surface area is 143 Å². The highest BCUT2D eigenvalue weighted by Crippen LogP contribution is 2.27. The maximum Gasteiger partial charge on any atom is 0.356 e. The third-order valence-corrected chi connectivity index (χ3v) is 3.74. The molecule has 2 aromatic heterocycles. The molecule has 0 atom stereocenters. The fraction of sp³-hybridized carbons (Fsp3) is 0.167. The molecule has 0 amide bonds. The van der Waals surface area contributed by atoms with E-state index in [9.17, 15) is 9.18 Å². The van der Waals surface area contributed by atoms with E-state index in [1.807, 2.05) is 0 Å². The number of benzene rings is 1. The number of nitrogens with zero attached hydrogens (tertiary/aromatic N) is 3. The molecule has 0 aliphatic rings. The minimum atomic E-state index is -0.456. The molecule has 2 heterocycles. The van der Waals surface area contributed by atoms with E-state index in [1.165, 1.54) is 23.9 Å². The molecule has 0 aliphatic carbocycles. The van der Waals surface area contributed by atoms with Gasteiger partial charge in [-0.1, -0.05) is 5.16 Å². The fourth-order valence-electron chi connectivity index (χ4n) is 2.43. The van der Waals surface area contributed by atoms with Crippen molar-refractivity contribution in [2.75, 3.05) is 7.11 Å². The van der Waals surface area contributed by atoms with Crippen molar-refractivity contribution in [1.82, 2.24) is 14.9 Å². The molecule has 0 aliphatic heterocycles. The van der Waals surface area contributed by atoms with E-state index in [0.717, 1.165) is 11.1 Å². The van der Waals surface area contributed by atoms with Crippen molar-refractivity contribution in [2.24, 2.45) is 7.05 Å². The summed E-state index contributed by atoms with van der Waals surface area (Å²) in [6.45, 7) is 1.79. The fourth-order valence-corrected chi connectivity index (χ4v) is 2.43. The Bertz CT molecular complexity index is 939. The average molecular weight is 341 g/mol. The number of hydrogen-bond acceptors (Lipinski definition) is 5. The monoisotopic (exact) mass is 341 g/mol. The summed E-state index contributed by atoms with van der Waals surface area (Å²) in [5, 5.41) is 8.29. The van der Waals surface area contributed by atoms with E-state index >= 15 is 0 Å². The first-order chi connectivity index (χ1) is 12.0. The SMILES string of the molecule is COC(=O)c1cc(C=Cc2c(-c3ccc(F)cc3)noc2C)nn1C. The van der Waals surface area contributed by atoms with E-state index in [4.69, 9.17) is 9.26 Å². The Morgan fingerprint density at radius 1 is 1.28 bits per heavy atom. The molecule has 1 aromatic carbocycles. The number of halogens is 1. The smallest absolute Gasteiger partial charge is 0.356 e. The van der Waals surface area contributed by atoms with Crippen LogP contribution in [0.15, 0.2) is 34.9 Å². The second-order valence-electron chi connectivity index (χ2n) is 5.41. The number of hydrogen-bond donors (Lipinski definition) is 0. The van der Waals surface area contributed by atoms with Crippen molar-refractivity contribution < 1.29 is 18.4 Å². The van der Waals surface area contributed by atoms with Crippen LogP contribution in [0.2, 0.25) is 0 Å². The number of aryl methyl sites for hydroxylation is 2. The molecule has 0 saturated carbocycles. The number of esters is 1. The van der Waals surface area contributed by atoms with Crippen molar-refractivity contribution in [3.05, 3.63) is 58.9 Å². The standard InChI is InChI=1S/C18H16FN3O3/c1-11-15(17(21-25-11)12-4-6-13(19)7-5-12)9-8-14-10-16(18(23)24-3)22(2)20-14/h4-10H,1-3H3. The third kappa shape index (κ3) is 3.35. The topological polar surface area (TPSA) is 70.2 Å². The predicted octanol–water partition coefficient (Wildman–Crippen LogP) is 3.48. The van der Waals surface area contributed by atoms with Crippen molar-refractivity contribution in [3.63, 3.8) is 0 Å². The number of ether oxygens (including phenoxy) is 1. The van der Waals surface area contributed by atoms with Crippen molar-refractivity contribution in [3.8, 4) is 11.3 Å². The minimum Gasteiger partial charge on any atom is -0.464 e. The molecular weight excluding hydrogens is 325 g/mol. The second-order valence-corrected chi connectivity index (χ2v) is 5.41. The summed E-state index contributed by atoms with van der Waals surface area (Å²) in [5.41, 5.74) is 3.06. The van der Waals surface area contributed by atoms with Gasteiger partial charge in [0.1, 0.15) is 23.0 Å².